The van der Waals surface area contributed by atoms with Crippen molar-refractivity contribution < 1.29 is 5.11 Å². The lowest BCUT2D eigenvalue weighted by molar-refractivity contribution is 0.125. The van der Waals surface area contributed by atoms with Gasteiger partial charge in [-0.15, -0.1) is 0 Å². The number of hydrogen-bond donors (Lipinski definition) is 1. The van der Waals surface area contributed by atoms with Crippen LogP contribution < -0.4 is 0 Å². The smallest absolute Gasteiger partial charge is 0.0823 e. The molecule has 0 radical (unpaired) electrons. The molecule has 0 aliphatic heterocycles. The number of rotatable bonds is 5. The van der Waals surface area contributed by atoms with Crippen LogP contribution in [0.5, 0.6) is 0 Å². The van der Waals surface area contributed by atoms with Gasteiger partial charge < -0.3 is 5.11 Å². The molecule has 1 aromatic rings. The normalized spacial score (nSPS) is 32.0. The van der Waals surface area contributed by atoms with Crippen LogP contribution in [0.1, 0.15) is 57.1 Å². The molecule has 1 aromatic heterocycles. The number of nitrogens with zero attached hydrogens (tertiary/aromatic N) is 2. The third kappa shape index (κ3) is 2.33. The Morgan fingerprint density at radius 3 is 3.00 bits per heavy atom. The van der Waals surface area contributed by atoms with Crippen LogP contribution in [0.25, 0.3) is 0 Å². The summed E-state index contributed by atoms with van der Waals surface area (Å²) in [6.07, 6.45) is 11.2. The van der Waals surface area contributed by atoms with Gasteiger partial charge in [-0.2, -0.15) is 5.10 Å². The molecular weight excluding hydrogens is 224 g/mol. The average molecular weight is 248 g/mol. The second kappa shape index (κ2) is 5.04. The maximum absolute atomic E-state index is 10.3. The average Bonchev–Trinajstić information content (AvgIpc) is 3.04. The maximum atomic E-state index is 10.3. The third-order valence-electron chi connectivity index (χ3n) is 4.90. The van der Waals surface area contributed by atoms with Crippen molar-refractivity contribution >= 4 is 0 Å². The first-order valence-corrected chi connectivity index (χ1v) is 7.46. The van der Waals surface area contributed by atoms with Crippen molar-refractivity contribution in [1.29, 1.82) is 0 Å². The Kier molecular flexibility index (Phi) is 3.42. The Labute approximate surface area is 109 Å². The summed E-state index contributed by atoms with van der Waals surface area (Å²) in [5.74, 6) is 2.62. The predicted molar refractivity (Wildman–Crippen MR) is 71.0 cm³/mol. The van der Waals surface area contributed by atoms with Crippen molar-refractivity contribution in [2.24, 2.45) is 17.8 Å². The van der Waals surface area contributed by atoms with Crippen molar-refractivity contribution in [2.75, 3.05) is 0 Å². The minimum absolute atomic E-state index is 0.306. The van der Waals surface area contributed by atoms with Gasteiger partial charge in [0, 0.05) is 18.3 Å². The summed E-state index contributed by atoms with van der Waals surface area (Å²) >= 11 is 0. The van der Waals surface area contributed by atoms with E-state index in [0.717, 1.165) is 42.7 Å². The SMILES string of the molecule is CCCn1cc(C(O)CC2CC3CCC2C3)cn1. The number of fused-ring (bicyclic) bond motifs is 2. The monoisotopic (exact) mass is 248 g/mol. The first-order chi connectivity index (χ1) is 8.76. The largest absolute Gasteiger partial charge is 0.388 e. The lowest BCUT2D eigenvalue weighted by atomic mass is 9.84. The van der Waals surface area contributed by atoms with Crippen LogP contribution in [0.4, 0.5) is 0 Å². The fraction of sp³-hybridized carbons (Fsp3) is 0.800. The Morgan fingerprint density at radius 1 is 1.44 bits per heavy atom. The van der Waals surface area contributed by atoms with Crippen molar-refractivity contribution in [3.63, 3.8) is 0 Å². The first-order valence-electron chi connectivity index (χ1n) is 7.46. The Balaban J connectivity index is 1.58. The highest BCUT2D eigenvalue weighted by Crippen LogP contribution is 2.50. The van der Waals surface area contributed by atoms with E-state index in [-0.39, 0.29) is 6.10 Å². The Bertz CT molecular complexity index is 401. The highest BCUT2D eigenvalue weighted by atomic mass is 16.3. The van der Waals surface area contributed by atoms with Gasteiger partial charge in [-0.3, -0.25) is 4.68 Å². The van der Waals surface area contributed by atoms with Crippen LogP contribution >= 0.6 is 0 Å². The van der Waals surface area contributed by atoms with E-state index in [1.807, 2.05) is 17.1 Å². The van der Waals surface area contributed by atoms with Gasteiger partial charge in [0.1, 0.15) is 0 Å². The van der Waals surface area contributed by atoms with Gasteiger partial charge in [-0.25, -0.2) is 0 Å². The number of aliphatic hydroxyl groups excluding tert-OH is 1. The van der Waals surface area contributed by atoms with E-state index < -0.39 is 0 Å². The molecule has 2 bridgehead atoms. The number of hydrogen-bond acceptors (Lipinski definition) is 2. The topological polar surface area (TPSA) is 38.0 Å². The molecule has 0 saturated heterocycles. The molecule has 2 fully saturated rings. The second-order valence-corrected chi connectivity index (χ2v) is 6.22. The minimum atomic E-state index is -0.306. The van der Waals surface area contributed by atoms with Gasteiger partial charge in [-0.05, 0) is 49.9 Å². The molecule has 3 heteroatoms. The molecule has 4 atom stereocenters. The number of aliphatic hydroxyl groups is 1. The van der Waals surface area contributed by atoms with E-state index in [1.165, 1.54) is 25.7 Å². The van der Waals surface area contributed by atoms with Gasteiger partial charge in [0.25, 0.3) is 0 Å². The standard InChI is InChI=1S/C15H24N2O/c1-2-5-17-10-14(9-16-17)15(18)8-13-7-11-3-4-12(13)6-11/h9-13,15,18H,2-8H2,1H3. The van der Waals surface area contributed by atoms with Gasteiger partial charge in [-0.1, -0.05) is 13.3 Å². The van der Waals surface area contributed by atoms with Gasteiger partial charge in [0.05, 0.1) is 12.3 Å². The van der Waals surface area contributed by atoms with E-state index >= 15 is 0 Å². The van der Waals surface area contributed by atoms with Crippen LogP contribution in [0.15, 0.2) is 12.4 Å². The summed E-state index contributed by atoms with van der Waals surface area (Å²) < 4.78 is 1.94. The summed E-state index contributed by atoms with van der Waals surface area (Å²) in [6, 6.07) is 0. The van der Waals surface area contributed by atoms with Gasteiger partial charge in [0.2, 0.25) is 0 Å². The maximum Gasteiger partial charge on any atom is 0.0823 e. The quantitative estimate of drug-likeness (QED) is 0.869. The molecule has 2 aliphatic rings. The number of aromatic nitrogens is 2. The lowest BCUT2D eigenvalue weighted by Crippen LogP contribution is -2.14. The minimum Gasteiger partial charge on any atom is -0.388 e. The first kappa shape index (κ1) is 12.2. The van der Waals surface area contributed by atoms with Crippen LogP contribution in [-0.2, 0) is 6.54 Å². The third-order valence-corrected chi connectivity index (χ3v) is 4.90. The summed E-state index contributed by atoms with van der Waals surface area (Å²) in [4.78, 5) is 0. The number of aryl methyl sites for hydroxylation is 1. The van der Waals surface area contributed by atoms with Crippen molar-refractivity contribution in [1.82, 2.24) is 9.78 Å². The molecule has 0 amide bonds. The summed E-state index contributed by atoms with van der Waals surface area (Å²) in [5, 5.41) is 14.6. The van der Waals surface area contributed by atoms with E-state index in [0.29, 0.717) is 0 Å². The molecule has 0 aromatic carbocycles. The molecule has 2 aliphatic carbocycles. The molecule has 1 N–H and O–H groups in total. The van der Waals surface area contributed by atoms with E-state index in [1.54, 1.807) is 0 Å². The van der Waals surface area contributed by atoms with E-state index in [4.69, 9.17) is 0 Å². The molecular formula is C15H24N2O. The summed E-state index contributed by atoms with van der Waals surface area (Å²) in [5.41, 5.74) is 1.01. The molecule has 100 valence electrons. The molecule has 1 heterocycles. The molecule has 0 spiro atoms. The zero-order valence-corrected chi connectivity index (χ0v) is 11.3. The van der Waals surface area contributed by atoms with E-state index in [9.17, 15) is 5.11 Å². The predicted octanol–water partition coefficient (Wildman–Crippen LogP) is 3.15. The molecule has 3 rings (SSSR count). The Hall–Kier alpha value is -0.830. The lowest BCUT2D eigenvalue weighted by Gasteiger charge is -2.23. The fourth-order valence-corrected chi connectivity index (χ4v) is 3.99. The highest BCUT2D eigenvalue weighted by Gasteiger charge is 2.40. The van der Waals surface area contributed by atoms with Crippen LogP contribution in [-0.4, -0.2) is 14.9 Å². The van der Waals surface area contributed by atoms with Crippen LogP contribution in [0.3, 0.4) is 0 Å². The van der Waals surface area contributed by atoms with Crippen LogP contribution in [0.2, 0.25) is 0 Å². The van der Waals surface area contributed by atoms with Gasteiger partial charge in [0.15, 0.2) is 0 Å². The summed E-state index contributed by atoms with van der Waals surface area (Å²) in [6.45, 7) is 3.09. The molecule has 18 heavy (non-hydrogen) atoms. The zero-order chi connectivity index (χ0) is 12.5. The molecule has 3 nitrogen and oxygen atoms in total. The Morgan fingerprint density at radius 2 is 2.33 bits per heavy atom. The highest BCUT2D eigenvalue weighted by molar-refractivity contribution is 5.08. The van der Waals surface area contributed by atoms with Crippen molar-refractivity contribution in [3.05, 3.63) is 18.0 Å². The molecule has 4 unspecified atom stereocenters. The van der Waals surface area contributed by atoms with Crippen molar-refractivity contribution in [2.45, 2.75) is 58.1 Å². The fourth-order valence-electron chi connectivity index (χ4n) is 3.99. The van der Waals surface area contributed by atoms with Gasteiger partial charge >= 0.3 is 0 Å². The van der Waals surface area contributed by atoms with Crippen LogP contribution in [0, 0.1) is 17.8 Å². The molecule has 2 saturated carbocycles. The second-order valence-electron chi connectivity index (χ2n) is 6.22. The van der Waals surface area contributed by atoms with Crippen molar-refractivity contribution in [3.8, 4) is 0 Å². The summed E-state index contributed by atoms with van der Waals surface area (Å²) in [7, 11) is 0. The van der Waals surface area contributed by atoms with E-state index in [2.05, 4.69) is 12.0 Å². The zero-order valence-electron chi connectivity index (χ0n) is 11.3.